The molecule has 0 spiro atoms. The van der Waals surface area contributed by atoms with Gasteiger partial charge in [0.05, 0.1) is 13.2 Å². The van der Waals surface area contributed by atoms with Gasteiger partial charge in [-0.15, -0.1) is 0 Å². The van der Waals surface area contributed by atoms with Crippen molar-refractivity contribution in [2.45, 2.75) is 38.8 Å². The number of carbonyl (C=O) groups is 1. The lowest BCUT2D eigenvalue weighted by molar-refractivity contribution is -0.121. The summed E-state index contributed by atoms with van der Waals surface area (Å²) in [7, 11) is 1.64. The molecule has 1 amide bonds. The van der Waals surface area contributed by atoms with Crippen LogP contribution in [-0.2, 0) is 11.3 Å². The largest absolute Gasteiger partial charge is 0.496 e. The molecule has 134 valence electrons. The van der Waals surface area contributed by atoms with Gasteiger partial charge in [-0.2, -0.15) is 0 Å². The third kappa shape index (κ3) is 4.39. The number of nitrogens with zero attached hydrogens (tertiary/aromatic N) is 2. The first-order valence-electron chi connectivity index (χ1n) is 8.73. The zero-order valence-electron chi connectivity index (χ0n) is 14.8. The molecule has 1 aliphatic heterocycles. The SMILES string of the molecule is COc1ccccc1CNC(=O)CCN1CCCC1c1cc(C)on1. The number of amides is 1. The van der Waals surface area contributed by atoms with Gasteiger partial charge in [-0.05, 0) is 32.4 Å². The van der Waals surface area contributed by atoms with Gasteiger partial charge in [-0.3, -0.25) is 9.69 Å². The Morgan fingerprint density at radius 3 is 3.04 bits per heavy atom. The smallest absolute Gasteiger partial charge is 0.221 e. The highest BCUT2D eigenvalue weighted by atomic mass is 16.5. The molecule has 1 aliphatic rings. The number of hydrogen-bond donors (Lipinski definition) is 1. The van der Waals surface area contributed by atoms with Crippen molar-refractivity contribution < 1.29 is 14.1 Å². The van der Waals surface area contributed by atoms with E-state index in [4.69, 9.17) is 9.26 Å². The van der Waals surface area contributed by atoms with Crippen molar-refractivity contribution in [2.24, 2.45) is 0 Å². The Hall–Kier alpha value is -2.34. The lowest BCUT2D eigenvalue weighted by Gasteiger charge is -2.22. The van der Waals surface area contributed by atoms with Crippen LogP contribution in [0.2, 0.25) is 0 Å². The number of ether oxygens (including phenoxy) is 1. The predicted octanol–water partition coefficient (Wildman–Crippen LogP) is 2.84. The Bertz CT molecular complexity index is 713. The van der Waals surface area contributed by atoms with Gasteiger partial charge in [-0.25, -0.2) is 0 Å². The summed E-state index contributed by atoms with van der Waals surface area (Å²) in [5.74, 6) is 1.67. The van der Waals surface area contributed by atoms with Gasteiger partial charge >= 0.3 is 0 Å². The third-order valence-corrected chi connectivity index (χ3v) is 4.65. The fourth-order valence-corrected chi connectivity index (χ4v) is 3.35. The van der Waals surface area contributed by atoms with E-state index in [9.17, 15) is 4.79 Å². The van der Waals surface area contributed by atoms with E-state index in [0.717, 1.165) is 48.7 Å². The number of aromatic nitrogens is 1. The average molecular weight is 343 g/mol. The number of carbonyl (C=O) groups excluding carboxylic acids is 1. The van der Waals surface area contributed by atoms with Crippen LogP contribution in [0.4, 0.5) is 0 Å². The number of rotatable bonds is 7. The van der Waals surface area contributed by atoms with Crippen LogP contribution in [0, 0.1) is 6.92 Å². The Labute approximate surface area is 148 Å². The van der Waals surface area contributed by atoms with Crippen LogP contribution in [0.3, 0.4) is 0 Å². The molecule has 0 bridgehead atoms. The van der Waals surface area contributed by atoms with Crippen LogP contribution in [0.5, 0.6) is 5.75 Å². The summed E-state index contributed by atoms with van der Waals surface area (Å²) in [5, 5.41) is 7.12. The van der Waals surface area contributed by atoms with Crippen molar-refractivity contribution in [3.05, 3.63) is 47.3 Å². The van der Waals surface area contributed by atoms with Crippen LogP contribution < -0.4 is 10.1 Å². The number of nitrogens with one attached hydrogen (secondary N) is 1. The maximum atomic E-state index is 12.2. The molecule has 2 heterocycles. The fourth-order valence-electron chi connectivity index (χ4n) is 3.35. The van der Waals surface area contributed by atoms with Gasteiger partial charge in [0.15, 0.2) is 0 Å². The second-order valence-corrected chi connectivity index (χ2v) is 6.39. The molecule has 1 fully saturated rings. The number of hydrogen-bond acceptors (Lipinski definition) is 5. The third-order valence-electron chi connectivity index (χ3n) is 4.65. The zero-order chi connectivity index (χ0) is 17.6. The summed E-state index contributed by atoms with van der Waals surface area (Å²) in [5.41, 5.74) is 1.96. The maximum absolute atomic E-state index is 12.2. The van der Waals surface area contributed by atoms with Crippen LogP contribution in [0.1, 0.15) is 42.3 Å². The monoisotopic (exact) mass is 343 g/mol. The van der Waals surface area contributed by atoms with Gasteiger partial charge in [-0.1, -0.05) is 23.4 Å². The van der Waals surface area contributed by atoms with Crippen LogP contribution in [0.15, 0.2) is 34.9 Å². The van der Waals surface area contributed by atoms with Gasteiger partial charge in [0.1, 0.15) is 17.2 Å². The molecule has 3 rings (SSSR count). The first-order valence-corrected chi connectivity index (χ1v) is 8.73. The second kappa shape index (κ2) is 8.16. The Morgan fingerprint density at radius 1 is 1.44 bits per heavy atom. The Kier molecular flexibility index (Phi) is 5.71. The minimum atomic E-state index is 0.0490. The van der Waals surface area contributed by atoms with E-state index >= 15 is 0 Å². The Balaban J connectivity index is 1.48. The molecular weight excluding hydrogens is 318 g/mol. The summed E-state index contributed by atoms with van der Waals surface area (Å²) in [6.07, 6.45) is 2.66. The van der Waals surface area contributed by atoms with Crippen molar-refractivity contribution in [2.75, 3.05) is 20.2 Å². The molecule has 1 atom stereocenters. The molecular formula is C19H25N3O3. The first-order chi connectivity index (χ1) is 12.2. The highest BCUT2D eigenvalue weighted by Gasteiger charge is 2.28. The number of para-hydroxylation sites is 1. The molecule has 0 radical (unpaired) electrons. The van der Waals surface area contributed by atoms with E-state index in [0.29, 0.717) is 13.0 Å². The van der Waals surface area contributed by atoms with E-state index in [1.165, 1.54) is 0 Å². The number of methoxy groups -OCH3 is 1. The normalized spacial score (nSPS) is 17.6. The quantitative estimate of drug-likeness (QED) is 0.837. The summed E-state index contributed by atoms with van der Waals surface area (Å²) >= 11 is 0. The minimum Gasteiger partial charge on any atom is -0.496 e. The van der Waals surface area contributed by atoms with Gasteiger partial charge in [0.25, 0.3) is 0 Å². The van der Waals surface area contributed by atoms with Crippen molar-refractivity contribution in [3.8, 4) is 5.75 Å². The molecule has 1 unspecified atom stereocenters. The molecule has 0 aliphatic carbocycles. The van der Waals surface area contributed by atoms with E-state index in [1.807, 2.05) is 37.3 Å². The predicted molar refractivity (Wildman–Crippen MR) is 94.2 cm³/mol. The van der Waals surface area contributed by atoms with Crippen molar-refractivity contribution in [1.29, 1.82) is 0 Å². The number of likely N-dealkylation sites (tertiary alicyclic amines) is 1. The minimum absolute atomic E-state index is 0.0490. The highest BCUT2D eigenvalue weighted by Crippen LogP contribution is 2.31. The number of aryl methyl sites for hydroxylation is 1. The molecule has 1 N–H and O–H groups in total. The van der Waals surface area contributed by atoms with Crippen molar-refractivity contribution in [3.63, 3.8) is 0 Å². The summed E-state index contributed by atoms with van der Waals surface area (Å²) in [4.78, 5) is 14.5. The fraction of sp³-hybridized carbons (Fsp3) is 0.474. The van der Waals surface area contributed by atoms with Crippen molar-refractivity contribution >= 4 is 5.91 Å². The van der Waals surface area contributed by atoms with Gasteiger partial charge in [0, 0.05) is 31.1 Å². The van der Waals surface area contributed by atoms with Gasteiger partial charge in [0.2, 0.25) is 5.91 Å². The van der Waals surface area contributed by atoms with E-state index in [1.54, 1.807) is 7.11 Å². The van der Waals surface area contributed by atoms with E-state index in [2.05, 4.69) is 15.4 Å². The standard InChI is InChI=1S/C19H25N3O3/c1-14-12-16(21-25-14)17-7-5-10-22(17)11-9-19(23)20-13-15-6-3-4-8-18(15)24-2/h3-4,6,8,12,17H,5,7,9-11,13H2,1-2H3,(H,20,23). The van der Waals surface area contributed by atoms with Crippen LogP contribution >= 0.6 is 0 Å². The second-order valence-electron chi connectivity index (χ2n) is 6.39. The van der Waals surface area contributed by atoms with Gasteiger partial charge < -0.3 is 14.6 Å². The number of benzene rings is 1. The summed E-state index contributed by atoms with van der Waals surface area (Å²) < 4.78 is 10.5. The molecule has 1 aromatic carbocycles. The summed E-state index contributed by atoms with van der Waals surface area (Å²) in [6, 6.07) is 9.98. The molecule has 2 aromatic rings. The average Bonchev–Trinajstić information content (AvgIpc) is 3.26. The van der Waals surface area contributed by atoms with E-state index < -0.39 is 0 Å². The lowest BCUT2D eigenvalue weighted by Crippen LogP contribution is -2.30. The molecule has 0 saturated carbocycles. The zero-order valence-corrected chi connectivity index (χ0v) is 14.8. The maximum Gasteiger partial charge on any atom is 0.221 e. The molecule has 1 saturated heterocycles. The van der Waals surface area contributed by atoms with Crippen molar-refractivity contribution in [1.82, 2.24) is 15.4 Å². The van der Waals surface area contributed by atoms with Crippen LogP contribution in [0.25, 0.3) is 0 Å². The molecule has 6 nitrogen and oxygen atoms in total. The summed E-state index contributed by atoms with van der Waals surface area (Å²) in [6.45, 7) is 4.11. The van der Waals surface area contributed by atoms with Crippen LogP contribution in [-0.4, -0.2) is 36.2 Å². The molecule has 6 heteroatoms. The molecule has 25 heavy (non-hydrogen) atoms. The molecule has 1 aromatic heterocycles. The van der Waals surface area contributed by atoms with E-state index in [-0.39, 0.29) is 11.9 Å². The lowest BCUT2D eigenvalue weighted by atomic mass is 10.1. The first kappa shape index (κ1) is 17.5. The highest BCUT2D eigenvalue weighted by molar-refractivity contribution is 5.76. The Morgan fingerprint density at radius 2 is 2.28 bits per heavy atom. The topological polar surface area (TPSA) is 67.6 Å².